The molecule has 1 fully saturated rings. The van der Waals surface area contributed by atoms with E-state index in [2.05, 4.69) is 28.4 Å². The van der Waals surface area contributed by atoms with Crippen LogP contribution in [0.5, 0.6) is 0 Å². The monoisotopic (exact) mass is 258 g/mol. The van der Waals surface area contributed by atoms with Gasteiger partial charge in [-0.3, -0.25) is 0 Å². The zero-order valence-electron chi connectivity index (χ0n) is 12.0. The first kappa shape index (κ1) is 13.1. The van der Waals surface area contributed by atoms with Gasteiger partial charge in [-0.1, -0.05) is 31.0 Å². The molecule has 3 rings (SSSR count). The maximum atomic E-state index is 3.47. The number of likely N-dealkylation sites (tertiary alicyclic amines) is 1. The molecule has 0 atom stereocenters. The summed E-state index contributed by atoms with van der Waals surface area (Å²) in [6, 6.07) is 6.88. The molecule has 104 valence electrons. The van der Waals surface area contributed by atoms with E-state index >= 15 is 0 Å². The second-order valence-electron chi connectivity index (χ2n) is 5.99. The molecule has 0 saturated carbocycles. The van der Waals surface area contributed by atoms with E-state index in [1.807, 2.05) is 0 Å². The first-order chi connectivity index (χ1) is 9.43. The highest BCUT2D eigenvalue weighted by Gasteiger charge is 2.14. The number of nitrogens with zero attached hydrogens (tertiary/aromatic N) is 1. The Labute approximate surface area is 117 Å². The number of benzene rings is 1. The largest absolute Gasteiger partial charge is 0.312 e. The first-order valence-corrected chi connectivity index (χ1v) is 7.96. The second kappa shape index (κ2) is 6.53. The number of hydrogen-bond donors (Lipinski definition) is 1. The quantitative estimate of drug-likeness (QED) is 0.897. The smallest absolute Gasteiger partial charge is 0.0208 e. The Morgan fingerprint density at radius 3 is 2.74 bits per heavy atom. The van der Waals surface area contributed by atoms with Crippen molar-refractivity contribution in [2.45, 2.75) is 45.1 Å². The van der Waals surface area contributed by atoms with Gasteiger partial charge in [-0.05, 0) is 62.0 Å². The van der Waals surface area contributed by atoms with Crippen molar-refractivity contribution < 1.29 is 0 Å². The normalized spacial score (nSPS) is 20.8. The third kappa shape index (κ3) is 3.37. The molecule has 1 N–H and O–H groups in total. The molecule has 2 heterocycles. The third-order valence-corrected chi connectivity index (χ3v) is 4.63. The van der Waals surface area contributed by atoms with E-state index in [-0.39, 0.29) is 0 Å². The SMILES string of the molecule is c1cc(CCN2CCCCCC2)c2c(c1)CNCC2. The van der Waals surface area contributed by atoms with Crippen LogP contribution >= 0.6 is 0 Å². The fraction of sp³-hybridized carbons (Fsp3) is 0.647. The van der Waals surface area contributed by atoms with E-state index in [1.54, 1.807) is 11.1 Å². The number of nitrogens with one attached hydrogen (secondary N) is 1. The van der Waals surface area contributed by atoms with Gasteiger partial charge in [0.1, 0.15) is 0 Å². The molecule has 0 aromatic heterocycles. The standard InChI is InChI=1S/C17H26N2/c1-2-4-12-19(11-3-1)13-9-15-6-5-7-16-14-18-10-8-17(15)16/h5-7,18H,1-4,8-14H2. The van der Waals surface area contributed by atoms with Gasteiger partial charge in [0.05, 0.1) is 0 Å². The summed E-state index contributed by atoms with van der Waals surface area (Å²) in [5.74, 6) is 0. The van der Waals surface area contributed by atoms with Crippen LogP contribution in [0.15, 0.2) is 18.2 Å². The summed E-state index contributed by atoms with van der Waals surface area (Å²) in [5, 5.41) is 3.47. The van der Waals surface area contributed by atoms with Gasteiger partial charge in [0.2, 0.25) is 0 Å². The molecule has 19 heavy (non-hydrogen) atoms. The average molecular weight is 258 g/mol. The highest BCUT2D eigenvalue weighted by Crippen LogP contribution is 2.20. The molecule has 2 aliphatic heterocycles. The summed E-state index contributed by atoms with van der Waals surface area (Å²) in [4.78, 5) is 2.67. The van der Waals surface area contributed by atoms with E-state index in [9.17, 15) is 0 Å². The van der Waals surface area contributed by atoms with E-state index in [0.717, 1.165) is 13.1 Å². The van der Waals surface area contributed by atoms with Crippen molar-refractivity contribution in [3.05, 3.63) is 34.9 Å². The van der Waals surface area contributed by atoms with Crippen LogP contribution < -0.4 is 5.32 Å². The van der Waals surface area contributed by atoms with E-state index in [1.165, 1.54) is 63.7 Å². The number of rotatable bonds is 3. The Morgan fingerprint density at radius 2 is 1.89 bits per heavy atom. The predicted molar refractivity (Wildman–Crippen MR) is 80.5 cm³/mol. The van der Waals surface area contributed by atoms with Crippen LogP contribution in [-0.2, 0) is 19.4 Å². The predicted octanol–water partition coefficient (Wildman–Crippen LogP) is 2.75. The van der Waals surface area contributed by atoms with Crippen LogP contribution in [0, 0.1) is 0 Å². The lowest BCUT2D eigenvalue weighted by atomic mass is 9.94. The van der Waals surface area contributed by atoms with Crippen molar-refractivity contribution in [2.75, 3.05) is 26.2 Å². The number of hydrogen-bond acceptors (Lipinski definition) is 2. The van der Waals surface area contributed by atoms with Crippen molar-refractivity contribution in [1.82, 2.24) is 10.2 Å². The zero-order valence-corrected chi connectivity index (χ0v) is 12.0. The van der Waals surface area contributed by atoms with Gasteiger partial charge in [-0.2, -0.15) is 0 Å². The van der Waals surface area contributed by atoms with Gasteiger partial charge < -0.3 is 10.2 Å². The zero-order chi connectivity index (χ0) is 12.9. The molecule has 2 nitrogen and oxygen atoms in total. The Hall–Kier alpha value is -0.860. The summed E-state index contributed by atoms with van der Waals surface area (Å²) >= 11 is 0. The molecule has 1 aromatic rings. The highest BCUT2D eigenvalue weighted by molar-refractivity contribution is 5.37. The van der Waals surface area contributed by atoms with Crippen LogP contribution in [0.2, 0.25) is 0 Å². The van der Waals surface area contributed by atoms with Crippen LogP contribution in [0.4, 0.5) is 0 Å². The van der Waals surface area contributed by atoms with Gasteiger partial charge in [0.15, 0.2) is 0 Å². The van der Waals surface area contributed by atoms with Crippen molar-refractivity contribution >= 4 is 0 Å². The molecular formula is C17H26N2. The van der Waals surface area contributed by atoms with Gasteiger partial charge >= 0.3 is 0 Å². The van der Waals surface area contributed by atoms with Gasteiger partial charge in [-0.25, -0.2) is 0 Å². The van der Waals surface area contributed by atoms with Crippen molar-refractivity contribution in [2.24, 2.45) is 0 Å². The second-order valence-corrected chi connectivity index (χ2v) is 5.99. The molecule has 0 unspecified atom stereocenters. The lowest BCUT2D eigenvalue weighted by molar-refractivity contribution is 0.288. The summed E-state index contributed by atoms with van der Waals surface area (Å²) in [5.41, 5.74) is 4.76. The Bertz CT molecular complexity index is 406. The van der Waals surface area contributed by atoms with Crippen molar-refractivity contribution in [1.29, 1.82) is 0 Å². The molecule has 1 saturated heterocycles. The van der Waals surface area contributed by atoms with Crippen LogP contribution in [-0.4, -0.2) is 31.1 Å². The molecule has 0 bridgehead atoms. The highest BCUT2D eigenvalue weighted by atomic mass is 15.1. The first-order valence-electron chi connectivity index (χ1n) is 7.96. The third-order valence-electron chi connectivity index (χ3n) is 4.63. The minimum absolute atomic E-state index is 1.06. The molecule has 2 aliphatic rings. The van der Waals surface area contributed by atoms with Crippen molar-refractivity contribution in [3.8, 4) is 0 Å². The minimum Gasteiger partial charge on any atom is -0.312 e. The molecule has 0 amide bonds. The fourth-order valence-corrected chi connectivity index (χ4v) is 3.48. The average Bonchev–Trinajstić information content (AvgIpc) is 2.74. The maximum Gasteiger partial charge on any atom is 0.0208 e. The van der Waals surface area contributed by atoms with Crippen LogP contribution in [0.1, 0.15) is 42.4 Å². The molecular weight excluding hydrogens is 232 g/mol. The Morgan fingerprint density at radius 1 is 1.05 bits per heavy atom. The maximum absolute atomic E-state index is 3.47. The molecule has 0 radical (unpaired) electrons. The summed E-state index contributed by atoms with van der Waals surface area (Å²) in [7, 11) is 0. The van der Waals surface area contributed by atoms with Gasteiger partial charge in [0.25, 0.3) is 0 Å². The van der Waals surface area contributed by atoms with Crippen LogP contribution in [0.3, 0.4) is 0 Å². The topological polar surface area (TPSA) is 15.3 Å². The lowest BCUT2D eigenvalue weighted by Gasteiger charge is -2.23. The molecule has 0 spiro atoms. The molecule has 0 aliphatic carbocycles. The Kier molecular flexibility index (Phi) is 4.52. The summed E-state index contributed by atoms with van der Waals surface area (Å²) < 4.78 is 0. The lowest BCUT2D eigenvalue weighted by Crippen LogP contribution is -2.28. The fourth-order valence-electron chi connectivity index (χ4n) is 3.48. The van der Waals surface area contributed by atoms with E-state index in [0.29, 0.717) is 0 Å². The molecule has 1 aromatic carbocycles. The van der Waals surface area contributed by atoms with Gasteiger partial charge in [0, 0.05) is 13.1 Å². The van der Waals surface area contributed by atoms with Gasteiger partial charge in [-0.15, -0.1) is 0 Å². The van der Waals surface area contributed by atoms with E-state index < -0.39 is 0 Å². The van der Waals surface area contributed by atoms with E-state index in [4.69, 9.17) is 0 Å². The summed E-state index contributed by atoms with van der Waals surface area (Å²) in [6.07, 6.45) is 8.12. The number of fused-ring (bicyclic) bond motifs is 1. The van der Waals surface area contributed by atoms with Crippen molar-refractivity contribution in [3.63, 3.8) is 0 Å². The van der Waals surface area contributed by atoms with Crippen LogP contribution in [0.25, 0.3) is 0 Å². The summed E-state index contributed by atoms with van der Waals surface area (Å²) in [6.45, 7) is 6.09. The minimum atomic E-state index is 1.06. The molecule has 2 heteroatoms. The Balaban J connectivity index is 1.63.